The Morgan fingerprint density at radius 1 is 1.06 bits per heavy atom. The number of ether oxygens (including phenoxy) is 1. The van der Waals surface area contributed by atoms with Crippen LogP contribution in [-0.4, -0.2) is 40.7 Å². The van der Waals surface area contributed by atoms with Gasteiger partial charge in [0.05, 0.1) is 26.4 Å². The number of nitrogens with one attached hydrogen (secondary N) is 1. The van der Waals surface area contributed by atoms with Crippen molar-refractivity contribution in [3.8, 4) is 0 Å². The molecular formula is C25H32FN5OS. The van der Waals surface area contributed by atoms with E-state index in [1.807, 2.05) is 35.0 Å². The predicted octanol–water partition coefficient (Wildman–Crippen LogP) is 4.77. The highest BCUT2D eigenvalue weighted by Crippen LogP contribution is 2.33. The van der Waals surface area contributed by atoms with Gasteiger partial charge in [-0.2, -0.15) is 0 Å². The summed E-state index contributed by atoms with van der Waals surface area (Å²) in [6, 6.07) is 17.0. The topological polar surface area (TPSA) is 47.3 Å². The third kappa shape index (κ3) is 5.69. The summed E-state index contributed by atoms with van der Waals surface area (Å²) in [5.41, 5.74) is 2.13. The first-order chi connectivity index (χ1) is 15.8. The van der Waals surface area contributed by atoms with Crippen LogP contribution in [0.5, 0.6) is 0 Å². The monoisotopic (exact) mass is 469 g/mol. The van der Waals surface area contributed by atoms with E-state index in [1.54, 1.807) is 0 Å². The van der Waals surface area contributed by atoms with Gasteiger partial charge in [0.2, 0.25) is 10.7 Å². The van der Waals surface area contributed by atoms with Gasteiger partial charge in [0, 0.05) is 19.1 Å². The third-order valence-electron chi connectivity index (χ3n) is 5.90. The maximum atomic E-state index is 13.5. The lowest BCUT2D eigenvalue weighted by Gasteiger charge is -2.32. The highest BCUT2D eigenvalue weighted by atomic mass is 32.1. The number of hydrogen-bond donors (Lipinski definition) is 1. The molecule has 1 unspecified atom stereocenters. The summed E-state index contributed by atoms with van der Waals surface area (Å²) in [6.45, 7) is 10.5. The Kier molecular flexibility index (Phi) is 7.26. The fourth-order valence-corrected chi connectivity index (χ4v) is 4.44. The van der Waals surface area contributed by atoms with Gasteiger partial charge in [-0.1, -0.05) is 63.2 Å². The van der Waals surface area contributed by atoms with Crippen molar-refractivity contribution in [2.75, 3.05) is 31.2 Å². The Hall–Kier alpha value is -2.55. The van der Waals surface area contributed by atoms with Crippen LogP contribution >= 0.6 is 12.2 Å². The van der Waals surface area contributed by atoms with Crippen LogP contribution in [0.1, 0.15) is 37.9 Å². The Morgan fingerprint density at radius 3 is 2.36 bits per heavy atom. The summed E-state index contributed by atoms with van der Waals surface area (Å²) in [5, 5.41) is 8.53. The SMILES string of the molecule is CC(C)(C)C(NCn1nc(N2CCOCC2)n(Cc2ccccc2)c1=S)c1ccc(F)cc1. The van der Waals surface area contributed by atoms with Crippen molar-refractivity contribution in [3.05, 3.63) is 76.3 Å². The number of halogens is 1. The lowest BCUT2D eigenvalue weighted by atomic mass is 9.82. The highest BCUT2D eigenvalue weighted by molar-refractivity contribution is 7.71. The van der Waals surface area contributed by atoms with Gasteiger partial charge in [0.25, 0.3) is 0 Å². The second kappa shape index (κ2) is 10.2. The van der Waals surface area contributed by atoms with E-state index in [9.17, 15) is 4.39 Å². The van der Waals surface area contributed by atoms with E-state index in [4.69, 9.17) is 22.1 Å². The standard InChI is InChI=1S/C25H32FN5OS/c1-25(2,3)22(20-9-11-21(26)12-10-20)27-18-31-24(33)30(17-19-7-5-4-6-8-19)23(28-31)29-13-15-32-16-14-29/h4-12,22,27H,13-18H2,1-3H3. The van der Waals surface area contributed by atoms with Crippen LogP contribution < -0.4 is 10.2 Å². The zero-order valence-corrected chi connectivity index (χ0v) is 20.3. The van der Waals surface area contributed by atoms with Crippen molar-refractivity contribution < 1.29 is 9.13 Å². The normalized spacial score (nSPS) is 15.6. The van der Waals surface area contributed by atoms with Crippen molar-refractivity contribution in [1.82, 2.24) is 19.7 Å². The zero-order valence-electron chi connectivity index (χ0n) is 19.5. The molecule has 6 nitrogen and oxygen atoms in total. The molecule has 1 N–H and O–H groups in total. The molecule has 0 amide bonds. The molecule has 1 aliphatic heterocycles. The number of anilines is 1. The predicted molar refractivity (Wildman–Crippen MR) is 131 cm³/mol. The van der Waals surface area contributed by atoms with Crippen LogP contribution in [-0.2, 0) is 18.0 Å². The number of morpholine rings is 1. The first-order valence-electron chi connectivity index (χ1n) is 11.4. The molecule has 8 heteroatoms. The van der Waals surface area contributed by atoms with Gasteiger partial charge in [-0.15, -0.1) is 5.10 Å². The molecule has 33 heavy (non-hydrogen) atoms. The summed E-state index contributed by atoms with van der Waals surface area (Å²) in [6.07, 6.45) is 0. The second-order valence-electron chi connectivity index (χ2n) is 9.47. The second-order valence-corrected chi connectivity index (χ2v) is 9.83. The maximum absolute atomic E-state index is 13.5. The summed E-state index contributed by atoms with van der Waals surface area (Å²) < 4.78 is 23.6. The lowest BCUT2D eigenvalue weighted by molar-refractivity contribution is 0.121. The minimum atomic E-state index is -0.233. The number of nitrogens with zero attached hydrogens (tertiary/aromatic N) is 4. The number of benzene rings is 2. The van der Waals surface area contributed by atoms with Crippen LogP contribution in [0, 0.1) is 16.0 Å². The lowest BCUT2D eigenvalue weighted by Crippen LogP contribution is -2.38. The number of aromatic nitrogens is 3. The van der Waals surface area contributed by atoms with Crippen LogP contribution in [0.2, 0.25) is 0 Å². The van der Waals surface area contributed by atoms with E-state index in [0.29, 0.717) is 31.2 Å². The molecule has 2 aromatic carbocycles. The van der Waals surface area contributed by atoms with Crippen molar-refractivity contribution in [2.24, 2.45) is 5.41 Å². The van der Waals surface area contributed by atoms with Gasteiger partial charge >= 0.3 is 0 Å². The zero-order chi connectivity index (χ0) is 23.4. The Labute approximate surface area is 200 Å². The van der Waals surface area contributed by atoms with Crippen LogP contribution in [0.15, 0.2) is 54.6 Å². The minimum absolute atomic E-state index is 0.00566. The van der Waals surface area contributed by atoms with Gasteiger partial charge in [-0.25, -0.2) is 9.07 Å². The molecule has 0 spiro atoms. The van der Waals surface area contributed by atoms with E-state index in [0.717, 1.165) is 24.6 Å². The molecule has 0 saturated carbocycles. The van der Waals surface area contributed by atoms with Crippen molar-refractivity contribution >= 4 is 18.2 Å². The first-order valence-corrected chi connectivity index (χ1v) is 11.8. The Morgan fingerprint density at radius 2 is 1.73 bits per heavy atom. The van der Waals surface area contributed by atoms with E-state index >= 15 is 0 Å². The fourth-order valence-electron chi connectivity index (χ4n) is 4.19. The molecule has 1 saturated heterocycles. The molecule has 1 atom stereocenters. The van der Waals surface area contributed by atoms with Crippen molar-refractivity contribution in [2.45, 2.75) is 40.0 Å². The van der Waals surface area contributed by atoms with Crippen LogP contribution in [0.4, 0.5) is 10.3 Å². The number of rotatable bonds is 7. The Balaban J connectivity index is 1.62. The molecule has 0 aliphatic carbocycles. The van der Waals surface area contributed by atoms with Crippen molar-refractivity contribution in [1.29, 1.82) is 0 Å². The highest BCUT2D eigenvalue weighted by Gasteiger charge is 2.27. The van der Waals surface area contributed by atoms with Gasteiger partial charge in [-0.3, -0.25) is 9.88 Å². The molecular weight excluding hydrogens is 437 g/mol. The van der Waals surface area contributed by atoms with Gasteiger partial charge in [0.15, 0.2) is 0 Å². The molecule has 2 heterocycles. The minimum Gasteiger partial charge on any atom is -0.378 e. The molecule has 4 rings (SSSR count). The van der Waals surface area contributed by atoms with Gasteiger partial charge in [0.1, 0.15) is 5.82 Å². The summed E-state index contributed by atoms with van der Waals surface area (Å²) in [4.78, 5) is 2.24. The van der Waals surface area contributed by atoms with E-state index in [2.05, 4.69) is 47.7 Å². The smallest absolute Gasteiger partial charge is 0.226 e. The fraction of sp³-hybridized carbons (Fsp3) is 0.440. The summed E-state index contributed by atoms with van der Waals surface area (Å²) in [5.74, 6) is 0.631. The maximum Gasteiger partial charge on any atom is 0.226 e. The van der Waals surface area contributed by atoms with Gasteiger partial charge < -0.3 is 9.64 Å². The average molecular weight is 470 g/mol. The third-order valence-corrected chi connectivity index (χ3v) is 6.33. The molecule has 1 fully saturated rings. The van der Waals surface area contributed by atoms with Gasteiger partial charge in [-0.05, 0) is 40.9 Å². The molecule has 0 radical (unpaired) electrons. The molecule has 0 bridgehead atoms. The summed E-state index contributed by atoms with van der Waals surface area (Å²) >= 11 is 5.88. The Bertz CT molecular complexity index is 1100. The van der Waals surface area contributed by atoms with Crippen LogP contribution in [0.25, 0.3) is 0 Å². The molecule has 3 aromatic rings. The molecule has 1 aliphatic rings. The van der Waals surface area contributed by atoms with E-state index in [1.165, 1.54) is 17.7 Å². The van der Waals surface area contributed by atoms with E-state index in [-0.39, 0.29) is 17.3 Å². The largest absolute Gasteiger partial charge is 0.378 e. The van der Waals surface area contributed by atoms with Crippen LogP contribution in [0.3, 0.4) is 0 Å². The number of hydrogen-bond acceptors (Lipinski definition) is 5. The summed E-state index contributed by atoms with van der Waals surface area (Å²) in [7, 11) is 0. The molecule has 1 aromatic heterocycles. The average Bonchev–Trinajstić information content (AvgIpc) is 3.11. The quantitative estimate of drug-likeness (QED) is 0.505. The first kappa shape index (κ1) is 23.6. The van der Waals surface area contributed by atoms with E-state index < -0.39 is 0 Å². The van der Waals surface area contributed by atoms with Crippen molar-refractivity contribution in [3.63, 3.8) is 0 Å². The molecule has 176 valence electrons.